The number of nitrogens with one attached hydrogen (secondary N) is 1. The van der Waals surface area contributed by atoms with E-state index in [0.717, 1.165) is 18.8 Å². The zero-order valence-electron chi connectivity index (χ0n) is 14.0. The first-order chi connectivity index (χ1) is 11.1. The van der Waals surface area contributed by atoms with Crippen molar-refractivity contribution < 1.29 is 13.9 Å². The van der Waals surface area contributed by atoms with Gasteiger partial charge >= 0.3 is 6.03 Å². The van der Waals surface area contributed by atoms with E-state index in [2.05, 4.69) is 10.2 Å². The van der Waals surface area contributed by atoms with E-state index in [1.54, 1.807) is 6.26 Å². The summed E-state index contributed by atoms with van der Waals surface area (Å²) in [5.41, 5.74) is 0. The van der Waals surface area contributed by atoms with Crippen molar-refractivity contribution in [1.29, 1.82) is 0 Å². The Morgan fingerprint density at radius 1 is 1.30 bits per heavy atom. The molecule has 2 fully saturated rings. The molecule has 1 aromatic rings. The Bertz CT molecular complexity index is 489. The summed E-state index contributed by atoms with van der Waals surface area (Å²) in [4.78, 5) is 16.7. The SMILES string of the molecule is C[C@@H]1CN(C(=O)NC[C@H](c2ccco2)N2CCCC2)C[C@@H](C)O1. The van der Waals surface area contributed by atoms with Crippen LogP contribution in [0.15, 0.2) is 22.8 Å². The smallest absolute Gasteiger partial charge is 0.317 e. The minimum atomic E-state index is -0.0113. The molecule has 1 N–H and O–H groups in total. The van der Waals surface area contributed by atoms with Crippen LogP contribution in [-0.2, 0) is 4.74 Å². The first-order valence-corrected chi connectivity index (χ1v) is 8.59. The highest BCUT2D eigenvalue weighted by atomic mass is 16.5. The lowest BCUT2D eigenvalue weighted by Gasteiger charge is -2.36. The molecule has 6 heteroatoms. The van der Waals surface area contributed by atoms with Crippen molar-refractivity contribution in [3.8, 4) is 0 Å². The zero-order chi connectivity index (χ0) is 16.2. The zero-order valence-corrected chi connectivity index (χ0v) is 14.0. The van der Waals surface area contributed by atoms with Crippen LogP contribution in [0.3, 0.4) is 0 Å². The molecule has 3 heterocycles. The van der Waals surface area contributed by atoms with Gasteiger partial charge in [0, 0.05) is 19.6 Å². The van der Waals surface area contributed by atoms with Crippen molar-refractivity contribution in [2.24, 2.45) is 0 Å². The van der Waals surface area contributed by atoms with Crippen LogP contribution < -0.4 is 5.32 Å². The lowest BCUT2D eigenvalue weighted by molar-refractivity contribution is -0.0546. The van der Waals surface area contributed by atoms with Crippen molar-refractivity contribution >= 4 is 6.03 Å². The number of nitrogens with zero attached hydrogens (tertiary/aromatic N) is 2. The largest absolute Gasteiger partial charge is 0.468 e. The molecule has 0 unspecified atom stereocenters. The van der Waals surface area contributed by atoms with E-state index in [1.807, 2.05) is 30.9 Å². The van der Waals surface area contributed by atoms with Crippen molar-refractivity contribution in [1.82, 2.24) is 15.1 Å². The molecule has 0 bridgehead atoms. The molecule has 6 nitrogen and oxygen atoms in total. The van der Waals surface area contributed by atoms with Crippen molar-refractivity contribution in [2.45, 2.75) is 44.9 Å². The summed E-state index contributed by atoms with van der Waals surface area (Å²) in [6.45, 7) is 8.00. The van der Waals surface area contributed by atoms with Crippen LogP contribution in [0.1, 0.15) is 38.5 Å². The number of ether oxygens (including phenoxy) is 1. The molecular formula is C17H27N3O3. The Labute approximate surface area is 137 Å². The summed E-state index contributed by atoms with van der Waals surface area (Å²) in [6.07, 6.45) is 4.30. The van der Waals surface area contributed by atoms with Gasteiger partial charge in [-0.3, -0.25) is 4.90 Å². The minimum absolute atomic E-state index is 0.0113. The van der Waals surface area contributed by atoms with Crippen molar-refractivity contribution in [3.63, 3.8) is 0 Å². The van der Waals surface area contributed by atoms with Gasteiger partial charge < -0.3 is 19.4 Å². The molecular weight excluding hydrogens is 294 g/mol. The Balaban J connectivity index is 1.58. The second-order valence-electron chi connectivity index (χ2n) is 6.62. The van der Waals surface area contributed by atoms with Gasteiger partial charge in [0.2, 0.25) is 0 Å². The fraction of sp³-hybridized carbons (Fsp3) is 0.706. The summed E-state index contributed by atoms with van der Waals surface area (Å²) in [7, 11) is 0. The van der Waals surface area contributed by atoms with E-state index in [1.165, 1.54) is 12.8 Å². The molecule has 0 spiro atoms. The molecule has 128 valence electrons. The van der Waals surface area contributed by atoms with Gasteiger partial charge in [0.25, 0.3) is 0 Å². The summed E-state index contributed by atoms with van der Waals surface area (Å²) in [6, 6.07) is 4.01. The molecule has 0 saturated carbocycles. The Hall–Kier alpha value is -1.53. The van der Waals surface area contributed by atoms with Crippen LogP contribution in [0, 0.1) is 0 Å². The first-order valence-electron chi connectivity index (χ1n) is 8.59. The van der Waals surface area contributed by atoms with Crippen LogP contribution in [-0.4, -0.2) is 60.8 Å². The molecule has 23 heavy (non-hydrogen) atoms. The Kier molecular flexibility index (Phi) is 5.23. The maximum absolute atomic E-state index is 12.5. The van der Waals surface area contributed by atoms with Gasteiger partial charge in [-0.05, 0) is 51.9 Å². The molecule has 0 radical (unpaired) electrons. The standard InChI is InChI=1S/C17H27N3O3/c1-13-11-20(12-14(2)23-13)17(21)18-10-15(16-6-5-9-22-16)19-7-3-4-8-19/h5-6,9,13-15H,3-4,7-8,10-12H2,1-2H3,(H,18,21)/t13-,14-,15-/m1/s1. The highest BCUT2D eigenvalue weighted by Gasteiger charge is 2.29. The average molecular weight is 321 g/mol. The van der Waals surface area contributed by atoms with Gasteiger partial charge in [0.1, 0.15) is 5.76 Å². The number of morpholine rings is 1. The third kappa shape index (κ3) is 4.06. The topological polar surface area (TPSA) is 58.0 Å². The van der Waals surface area contributed by atoms with Gasteiger partial charge in [-0.2, -0.15) is 0 Å². The summed E-state index contributed by atoms with van der Waals surface area (Å²) >= 11 is 0. The van der Waals surface area contributed by atoms with Gasteiger partial charge in [0.15, 0.2) is 0 Å². The van der Waals surface area contributed by atoms with Gasteiger partial charge in [-0.15, -0.1) is 0 Å². The number of urea groups is 1. The van der Waals surface area contributed by atoms with Crippen LogP contribution in [0.5, 0.6) is 0 Å². The van der Waals surface area contributed by atoms with Gasteiger partial charge in [-0.25, -0.2) is 4.79 Å². The van der Waals surface area contributed by atoms with Crippen LogP contribution in [0.2, 0.25) is 0 Å². The monoisotopic (exact) mass is 321 g/mol. The maximum Gasteiger partial charge on any atom is 0.317 e. The highest BCUT2D eigenvalue weighted by molar-refractivity contribution is 5.74. The maximum atomic E-state index is 12.5. The van der Waals surface area contributed by atoms with Crippen LogP contribution in [0.25, 0.3) is 0 Å². The third-order valence-corrected chi connectivity index (χ3v) is 4.61. The van der Waals surface area contributed by atoms with Gasteiger partial charge in [-0.1, -0.05) is 0 Å². The Morgan fingerprint density at radius 3 is 2.61 bits per heavy atom. The number of amides is 2. The fourth-order valence-corrected chi connectivity index (χ4v) is 3.58. The quantitative estimate of drug-likeness (QED) is 0.924. The average Bonchev–Trinajstić information content (AvgIpc) is 3.20. The van der Waals surface area contributed by atoms with E-state index in [9.17, 15) is 4.79 Å². The van der Waals surface area contributed by atoms with Crippen LogP contribution >= 0.6 is 0 Å². The second-order valence-corrected chi connectivity index (χ2v) is 6.62. The van der Waals surface area contributed by atoms with E-state index in [-0.39, 0.29) is 24.3 Å². The summed E-state index contributed by atoms with van der Waals surface area (Å²) < 4.78 is 11.3. The lowest BCUT2D eigenvalue weighted by Crippen LogP contribution is -2.52. The predicted octanol–water partition coefficient (Wildman–Crippen LogP) is 2.24. The number of rotatable bonds is 4. The third-order valence-electron chi connectivity index (χ3n) is 4.61. The number of likely N-dealkylation sites (tertiary alicyclic amines) is 1. The second kappa shape index (κ2) is 7.36. The predicted molar refractivity (Wildman–Crippen MR) is 87.2 cm³/mol. The number of hydrogen-bond acceptors (Lipinski definition) is 4. The Morgan fingerprint density at radius 2 is 2.00 bits per heavy atom. The molecule has 2 aliphatic heterocycles. The van der Waals surface area contributed by atoms with Crippen molar-refractivity contribution in [3.05, 3.63) is 24.2 Å². The summed E-state index contributed by atoms with van der Waals surface area (Å²) in [5, 5.41) is 3.09. The van der Waals surface area contributed by atoms with E-state index in [0.29, 0.717) is 19.6 Å². The van der Waals surface area contributed by atoms with Gasteiger partial charge in [0.05, 0.1) is 24.5 Å². The van der Waals surface area contributed by atoms with Crippen LogP contribution in [0.4, 0.5) is 4.79 Å². The summed E-state index contributed by atoms with van der Waals surface area (Å²) in [5.74, 6) is 0.927. The molecule has 2 amide bonds. The number of hydrogen-bond donors (Lipinski definition) is 1. The first kappa shape index (κ1) is 16.3. The molecule has 0 aliphatic carbocycles. The van der Waals surface area contributed by atoms with E-state index < -0.39 is 0 Å². The number of furan rings is 1. The van der Waals surface area contributed by atoms with E-state index >= 15 is 0 Å². The minimum Gasteiger partial charge on any atom is -0.468 e. The highest BCUT2D eigenvalue weighted by Crippen LogP contribution is 2.25. The number of carbonyl (C=O) groups is 1. The molecule has 3 atom stereocenters. The fourth-order valence-electron chi connectivity index (χ4n) is 3.58. The molecule has 3 rings (SSSR count). The number of carbonyl (C=O) groups excluding carboxylic acids is 1. The normalized spacial score (nSPS) is 27.1. The molecule has 1 aromatic heterocycles. The molecule has 0 aromatic carbocycles. The lowest BCUT2D eigenvalue weighted by atomic mass is 10.2. The molecule has 2 saturated heterocycles. The van der Waals surface area contributed by atoms with E-state index in [4.69, 9.17) is 9.15 Å². The van der Waals surface area contributed by atoms with Crippen molar-refractivity contribution in [2.75, 3.05) is 32.7 Å². The molecule has 2 aliphatic rings.